The summed E-state index contributed by atoms with van der Waals surface area (Å²) < 4.78 is 0.834. The predicted molar refractivity (Wildman–Crippen MR) is 52.9 cm³/mol. The average Bonchev–Trinajstić information content (AvgIpc) is 2.18. The van der Waals surface area contributed by atoms with Crippen LogP contribution in [0.1, 0.15) is 12.6 Å². The Labute approximate surface area is 80.4 Å². The van der Waals surface area contributed by atoms with E-state index in [2.05, 4.69) is 4.98 Å². The highest BCUT2D eigenvalue weighted by Crippen LogP contribution is 2.11. The molecule has 4 nitrogen and oxygen atoms in total. The number of nitrogens with one attached hydrogen (secondary N) is 1. The fourth-order valence-electron chi connectivity index (χ4n) is 1.57. The number of rotatable bonds is 1. The molecule has 0 aliphatic carbocycles. The van der Waals surface area contributed by atoms with Crippen LogP contribution in [0.3, 0.4) is 0 Å². The maximum absolute atomic E-state index is 11.4. The molecule has 0 unspecified atom stereocenters. The van der Waals surface area contributed by atoms with Gasteiger partial charge in [0.15, 0.2) is 6.20 Å². The van der Waals surface area contributed by atoms with Crippen molar-refractivity contribution in [2.24, 2.45) is 0 Å². The Hall–Kier alpha value is -1.84. The molecular weight excluding hydrogens is 180 g/mol. The van der Waals surface area contributed by atoms with Gasteiger partial charge < -0.3 is 10.2 Å². The van der Waals surface area contributed by atoms with Crippen LogP contribution >= 0.6 is 0 Å². The van der Waals surface area contributed by atoms with E-state index >= 15 is 0 Å². The molecule has 14 heavy (non-hydrogen) atoms. The molecule has 0 radical (unpaired) electrons. The third kappa shape index (κ3) is 1.25. The zero-order valence-corrected chi connectivity index (χ0v) is 7.78. The number of hydrogen-bond donors (Lipinski definition) is 1. The molecule has 2 heterocycles. The average molecular weight is 190 g/mol. The maximum atomic E-state index is 11.4. The second-order valence-electron chi connectivity index (χ2n) is 3.09. The van der Waals surface area contributed by atoms with Gasteiger partial charge in [-0.15, -0.1) is 0 Å². The van der Waals surface area contributed by atoms with Crippen molar-refractivity contribution in [2.45, 2.75) is 13.3 Å². The fourth-order valence-corrected chi connectivity index (χ4v) is 1.57. The van der Waals surface area contributed by atoms with E-state index in [1.807, 2.05) is 6.92 Å². The topological polar surface area (TPSA) is 59.8 Å². The summed E-state index contributed by atoms with van der Waals surface area (Å²) in [7, 11) is 0. The second-order valence-corrected chi connectivity index (χ2v) is 3.09. The van der Waals surface area contributed by atoms with Crippen LogP contribution in [0.2, 0.25) is 0 Å². The summed E-state index contributed by atoms with van der Waals surface area (Å²) in [4.78, 5) is 13.7. The first kappa shape index (κ1) is 8.74. The van der Waals surface area contributed by atoms with Crippen LogP contribution in [-0.4, -0.2) is 4.98 Å². The molecule has 0 aromatic carbocycles. The van der Waals surface area contributed by atoms with Crippen LogP contribution < -0.4 is 10.3 Å². The van der Waals surface area contributed by atoms with Crippen LogP contribution in [0.5, 0.6) is 0 Å². The number of aromatic nitrogens is 2. The zero-order chi connectivity index (χ0) is 10.1. The molecule has 1 N–H and O–H groups in total. The Morgan fingerprint density at radius 2 is 2.21 bits per heavy atom. The lowest BCUT2D eigenvalue weighted by Crippen LogP contribution is -2.31. The number of aromatic amines is 1. The van der Waals surface area contributed by atoms with Crippen LogP contribution in [0, 0.1) is 5.21 Å². The monoisotopic (exact) mass is 190 g/mol. The summed E-state index contributed by atoms with van der Waals surface area (Å²) in [5.74, 6) is 0. The van der Waals surface area contributed by atoms with E-state index in [1.54, 1.807) is 12.1 Å². The van der Waals surface area contributed by atoms with Gasteiger partial charge >= 0.3 is 0 Å². The van der Waals surface area contributed by atoms with Crippen LogP contribution in [-0.2, 0) is 6.42 Å². The molecule has 2 aromatic rings. The lowest BCUT2D eigenvalue weighted by Gasteiger charge is -2.04. The molecule has 0 amide bonds. The number of fused-ring (bicyclic) bond motifs is 1. The molecular formula is C10H10N2O2. The molecule has 0 fully saturated rings. The predicted octanol–water partition coefficient (Wildman–Crippen LogP) is 0.724. The van der Waals surface area contributed by atoms with Crippen molar-refractivity contribution in [1.29, 1.82) is 0 Å². The SMILES string of the molecule is CCc1c2ccc(=O)[nH]c2cc[n+]1[O-]. The summed E-state index contributed by atoms with van der Waals surface area (Å²) in [5, 5.41) is 12.2. The summed E-state index contributed by atoms with van der Waals surface area (Å²) in [6, 6.07) is 4.73. The molecule has 2 aromatic heterocycles. The van der Waals surface area contributed by atoms with Gasteiger partial charge in [-0.1, -0.05) is 6.92 Å². The molecule has 72 valence electrons. The van der Waals surface area contributed by atoms with Crippen LogP contribution in [0.15, 0.2) is 29.2 Å². The third-order valence-electron chi connectivity index (χ3n) is 2.24. The third-order valence-corrected chi connectivity index (χ3v) is 2.24. The number of hydrogen-bond acceptors (Lipinski definition) is 2. The standard InChI is InChI=1S/C10H10N2O2/c1-2-9-7-3-4-10(13)11-8(7)5-6-12(9)14/h3-6H,2H2,1H3,(H,11,13). The van der Waals surface area contributed by atoms with Crippen molar-refractivity contribution in [3.05, 3.63) is 45.7 Å². The lowest BCUT2D eigenvalue weighted by molar-refractivity contribution is -0.612. The molecule has 2 rings (SSSR count). The largest absolute Gasteiger partial charge is 0.618 e. The van der Waals surface area contributed by atoms with Gasteiger partial charge in [0.2, 0.25) is 11.3 Å². The molecule has 0 saturated heterocycles. The lowest BCUT2D eigenvalue weighted by atomic mass is 10.1. The molecule has 0 spiro atoms. The second kappa shape index (κ2) is 3.14. The van der Waals surface area contributed by atoms with Gasteiger partial charge in [-0.25, -0.2) is 0 Å². The van der Waals surface area contributed by atoms with Crippen LogP contribution in [0.25, 0.3) is 10.9 Å². The maximum Gasteiger partial charge on any atom is 0.248 e. The Kier molecular flexibility index (Phi) is 1.96. The van der Waals surface area contributed by atoms with Crippen molar-refractivity contribution in [3.8, 4) is 0 Å². The summed E-state index contributed by atoms with van der Waals surface area (Å²) >= 11 is 0. The van der Waals surface area contributed by atoms with E-state index in [0.717, 1.165) is 10.1 Å². The molecule has 4 heteroatoms. The quantitative estimate of drug-likeness (QED) is 0.532. The smallest absolute Gasteiger partial charge is 0.248 e. The van der Waals surface area contributed by atoms with Gasteiger partial charge in [-0.3, -0.25) is 4.79 Å². The fraction of sp³-hybridized carbons (Fsp3) is 0.200. The molecule has 0 atom stereocenters. The van der Waals surface area contributed by atoms with Gasteiger partial charge in [-0.05, 0) is 6.07 Å². The Morgan fingerprint density at radius 3 is 2.93 bits per heavy atom. The van der Waals surface area contributed by atoms with E-state index in [1.165, 1.54) is 12.3 Å². The van der Waals surface area contributed by atoms with Crippen molar-refractivity contribution >= 4 is 10.9 Å². The van der Waals surface area contributed by atoms with Gasteiger partial charge in [0, 0.05) is 18.6 Å². The van der Waals surface area contributed by atoms with Gasteiger partial charge in [0.05, 0.1) is 10.9 Å². The Balaban J connectivity index is 2.88. The minimum Gasteiger partial charge on any atom is -0.618 e. The summed E-state index contributed by atoms with van der Waals surface area (Å²) in [6.45, 7) is 1.91. The van der Waals surface area contributed by atoms with E-state index in [9.17, 15) is 10.0 Å². The van der Waals surface area contributed by atoms with Gasteiger partial charge in [0.1, 0.15) is 0 Å². The van der Waals surface area contributed by atoms with Crippen molar-refractivity contribution in [2.75, 3.05) is 0 Å². The van der Waals surface area contributed by atoms with Crippen molar-refractivity contribution in [1.82, 2.24) is 4.98 Å². The number of aryl methyl sites for hydroxylation is 1. The van der Waals surface area contributed by atoms with Gasteiger partial charge in [0.25, 0.3) is 0 Å². The molecule has 0 bridgehead atoms. The van der Waals surface area contributed by atoms with Crippen molar-refractivity contribution < 1.29 is 4.73 Å². The minimum atomic E-state index is -0.150. The highest BCUT2D eigenvalue weighted by Gasteiger charge is 2.08. The van der Waals surface area contributed by atoms with E-state index in [-0.39, 0.29) is 5.56 Å². The zero-order valence-electron chi connectivity index (χ0n) is 7.78. The first-order chi connectivity index (χ1) is 6.72. The highest BCUT2D eigenvalue weighted by atomic mass is 16.5. The Bertz CT molecular complexity index is 531. The number of nitrogens with zero attached hydrogens (tertiary/aromatic N) is 1. The van der Waals surface area contributed by atoms with Crippen LogP contribution in [0.4, 0.5) is 0 Å². The molecule has 0 aliphatic rings. The minimum absolute atomic E-state index is 0.150. The van der Waals surface area contributed by atoms with Gasteiger partial charge in [-0.2, -0.15) is 4.73 Å². The highest BCUT2D eigenvalue weighted by molar-refractivity contribution is 5.79. The van der Waals surface area contributed by atoms with E-state index in [4.69, 9.17) is 0 Å². The first-order valence-electron chi connectivity index (χ1n) is 4.46. The molecule has 0 saturated carbocycles. The van der Waals surface area contributed by atoms with E-state index < -0.39 is 0 Å². The first-order valence-corrected chi connectivity index (χ1v) is 4.46. The number of pyridine rings is 2. The summed E-state index contributed by atoms with van der Waals surface area (Å²) in [5.41, 5.74) is 1.24. The van der Waals surface area contributed by atoms with E-state index in [0.29, 0.717) is 17.6 Å². The Morgan fingerprint density at radius 1 is 1.43 bits per heavy atom. The van der Waals surface area contributed by atoms with Crippen molar-refractivity contribution in [3.63, 3.8) is 0 Å². The normalized spacial score (nSPS) is 10.6. The number of H-pyrrole nitrogens is 1. The summed E-state index contributed by atoms with van der Waals surface area (Å²) in [6.07, 6.45) is 2.06. The molecule has 0 aliphatic heterocycles.